The van der Waals surface area contributed by atoms with Gasteiger partial charge in [-0.25, -0.2) is 4.79 Å². The highest BCUT2D eigenvalue weighted by Gasteiger charge is 2.17. The summed E-state index contributed by atoms with van der Waals surface area (Å²) >= 11 is 0. The van der Waals surface area contributed by atoms with Crippen LogP contribution in [0, 0.1) is 0 Å². The summed E-state index contributed by atoms with van der Waals surface area (Å²) in [5.41, 5.74) is -0.486. The molecule has 0 heterocycles. The first-order valence-electron chi connectivity index (χ1n) is 3.70. The maximum absolute atomic E-state index is 11.0. The first-order chi connectivity index (χ1) is 6.61. The summed E-state index contributed by atoms with van der Waals surface area (Å²) in [5, 5.41) is 18.5. The van der Waals surface area contributed by atoms with Gasteiger partial charge in [0.2, 0.25) is 0 Å². The number of rotatable bonds is 2. The fraction of sp³-hybridized carbons (Fsp3) is 0.111. The zero-order chi connectivity index (χ0) is 10.7. The Morgan fingerprint density at radius 3 is 2.57 bits per heavy atom. The minimum absolute atomic E-state index is 0.160. The van der Waals surface area contributed by atoms with Crippen molar-refractivity contribution in [2.45, 2.75) is 0 Å². The van der Waals surface area contributed by atoms with Crippen LogP contribution in [0.5, 0.6) is 11.5 Å². The summed E-state index contributed by atoms with van der Waals surface area (Å²) in [7, 11) is 1.15. The number of aldehydes is 1. The van der Waals surface area contributed by atoms with Gasteiger partial charge in [-0.05, 0) is 12.1 Å². The Bertz CT molecular complexity index is 383. The Morgan fingerprint density at radius 2 is 2.07 bits per heavy atom. The second-order valence-corrected chi connectivity index (χ2v) is 2.50. The summed E-state index contributed by atoms with van der Waals surface area (Å²) in [5.74, 6) is -1.73. The van der Waals surface area contributed by atoms with E-state index >= 15 is 0 Å². The highest BCUT2D eigenvalue weighted by atomic mass is 16.5. The van der Waals surface area contributed by atoms with E-state index in [0.29, 0.717) is 0 Å². The van der Waals surface area contributed by atoms with E-state index in [9.17, 15) is 14.7 Å². The van der Waals surface area contributed by atoms with Crippen molar-refractivity contribution in [2.75, 3.05) is 7.11 Å². The van der Waals surface area contributed by atoms with Gasteiger partial charge in [0.15, 0.2) is 6.29 Å². The molecule has 0 radical (unpaired) electrons. The van der Waals surface area contributed by atoms with E-state index < -0.39 is 11.7 Å². The van der Waals surface area contributed by atoms with Crippen molar-refractivity contribution in [3.05, 3.63) is 23.3 Å². The molecule has 5 heteroatoms. The van der Waals surface area contributed by atoms with Crippen molar-refractivity contribution in [3.63, 3.8) is 0 Å². The molecule has 2 N–H and O–H groups in total. The summed E-state index contributed by atoms with van der Waals surface area (Å²) in [6, 6.07) is 2.30. The van der Waals surface area contributed by atoms with E-state index in [1.807, 2.05) is 0 Å². The molecule has 0 aliphatic carbocycles. The zero-order valence-corrected chi connectivity index (χ0v) is 7.35. The molecule has 0 saturated heterocycles. The lowest BCUT2D eigenvalue weighted by Crippen LogP contribution is -2.02. The highest BCUT2D eigenvalue weighted by Crippen LogP contribution is 2.29. The Morgan fingerprint density at radius 1 is 1.43 bits per heavy atom. The fourth-order valence-electron chi connectivity index (χ4n) is 0.988. The smallest absolute Gasteiger partial charge is 0.341 e. The molecule has 0 amide bonds. The first kappa shape index (κ1) is 10.0. The van der Waals surface area contributed by atoms with Crippen molar-refractivity contribution in [3.8, 4) is 11.5 Å². The number of phenolic OH excluding ortho intramolecular Hbond substituents is 2. The number of aromatic hydroxyl groups is 2. The second kappa shape index (κ2) is 3.78. The number of benzene rings is 1. The fourth-order valence-corrected chi connectivity index (χ4v) is 0.988. The molecular formula is C9H8O5. The van der Waals surface area contributed by atoms with Crippen LogP contribution in [0.25, 0.3) is 0 Å². The Hall–Kier alpha value is -2.04. The summed E-state index contributed by atoms with van der Waals surface area (Å²) < 4.78 is 4.36. The minimum Gasteiger partial charge on any atom is -0.507 e. The number of carbonyl (C=O) groups excluding carboxylic acids is 2. The van der Waals surface area contributed by atoms with Crippen LogP contribution in [0.15, 0.2) is 12.1 Å². The molecule has 5 nitrogen and oxygen atoms in total. The molecule has 1 aromatic carbocycles. The van der Waals surface area contributed by atoms with Gasteiger partial charge in [0, 0.05) is 0 Å². The molecule has 0 aliphatic rings. The van der Waals surface area contributed by atoms with Crippen molar-refractivity contribution >= 4 is 12.3 Å². The number of ether oxygens (including phenoxy) is 1. The molecule has 74 valence electrons. The average molecular weight is 196 g/mol. The molecule has 0 spiro atoms. The highest BCUT2D eigenvalue weighted by molar-refractivity contribution is 5.97. The van der Waals surface area contributed by atoms with E-state index in [1.165, 1.54) is 6.07 Å². The predicted molar refractivity (Wildman–Crippen MR) is 46.5 cm³/mol. The van der Waals surface area contributed by atoms with E-state index in [4.69, 9.17) is 5.11 Å². The number of hydrogen-bond donors (Lipinski definition) is 2. The molecule has 0 aromatic heterocycles. The number of methoxy groups -OCH3 is 1. The van der Waals surface area contributed by atoms with Crippen LogP contribution in [0.4, 0.5) is 0 Å². The molecule has 0 aliphatic heterocycles. The first-order valence-corrected chi connectivity index (χ1v) is 3.70. The van der Waals surface area contributed by atoms with E-state index in [0.717, 1.165) is 13.2 Å². The van der Waals surface area contributed by atoms with Gasteiger partial charge in [0.05, 0.1) is 12.7 Å². The largest absolute Gasteiger partial charge is 0.507 e. The van der Waals surface area contributed by atoms with Crippen LogP contribution in [-0.2, 0) is 4.74 Å². The van der Waals surface area contributed by atoms with Crippen molar-refractivity contribution in [2.24, 2.45) is 0 Å². The van der Waals surface area contributed by atoms with Crippen LogP contribution < -0.4 is 0 Å². The van der Waals surface area contributed by atoms with Gasteiger partial charge >= 0.3 is 5.97 Å². The Balaban J connectivity index is 3.35. The molecule has 0 atom stereocenters. The molecule has 0 saturated carbocycles. The molecule has 0 unspecified atom stereocenters. The lowest BCUT2D eigenvalue weighted by atomic mass is 10.1. The van der Waals surface area contributed by atoms with Crippen LogP contribution in [0.3, 0.4) is 0 Å². The van der Waals surface area contributed by atoms with Gasteiger partial charge in [-0.15, -0.1) is 0 Å². The van der Waals surface area contributed by atoms with Crippen LogP contribution in [0.2, 0.25) is 0 Å². The number of phenols is 2. The minimum atomic E-state index is -0.773. The van der Waals surface area contributed by atoms with Gasteiger partial charge in [0.25, 0.3) is 0 Å². The third-order valence-electron chi connectivity index (χ3n) is 1.72. The normalized spacial score (nSPS) is 9.50. The molecule has 14 heavy (non-hydrogen) atoms. The van der Waals surface area contributed by atoms with Crippen molar-refractivity contribution < 1.29 is 24.5 Å². The average Bonchev–Trinajstić information content (AvgIpc) is 2.18. The topological polar surface area (TPSA) is 83.8 Å². The second-order valence-electron chi connectivity index (χ2n) is 2.50. The molecular weight excluding hydrogens is 188 g/mol. The quantitative estimate of drug-likeness (QED) is 0.537. The SMILES string of the molecule is COC(=O)c1ccc(O)c(C=O)c1O. The van der Waals surface area contributed by atoms with E-state index in [1.54, 1.807) is 0 Å². The maximum Gasteiger partial charge on any atom is 0.341 e. The maximum atomic E-state index is 11.0. The molecule has 0 bridgehead atoms. The zero-order valence-electron chi connectivity index (χ0n) is 7.35. The van der Waals surface area contributed by atoms with Gasteiger partial charge in [-0.2, -0.15) is 0 Å². The predicted octanol–water partition coefficient (Wildman–Crippen LogP) is 0.697. The van der Waals surface area contributed by atoms with Gasteiger partial charge in [-0.3, -0.25) is 4.79 Å². The molecule has 1 rings (SSSR count). The van der Waals surface area contributed by atoms with E-state index in [2.05, 4.69) is 4.74 Å². The van der Waals surface area contributed by atoms with Crippen molar-refractivity contribution in [1.29, 1.82) is 0 Å². The Labute approximate surface area is 79.6 Å². The van der Waals surface area contributed by atoms with E-state index in [-0.39, 0.29) is 23.2 Å². The van der Waals surface area contributed by atoms with Crippen molar-refractivity contribution in [1.82, 2.24) is 0 Å². The van der Waals surface area contributed by atoms with Gasteiger partial charge in [-0.1, -0.05) is 0 Å². The number of carbonyl (C=O) groups is 2. The Kier molecular flexibility index (Phi) is 2.71. The molecule has 0 fully saturated rings. The van der Waals surface area contributed by atoms with Crippen LogP contribution >= 0.6 is 0 Å². The molecule has 1 aromatic rings. The standard InChI is InChI=1S/C9H8O5/c1-14-9(13)5-2-3-7(11)6(4-10)8(5)12/h2-4,11-12H,1H3. The monoisotopic (exact) mass is 196 g/mol. The lowest BCUT2D eigenvalue weighted by Gasteiger charge is -2.05. The third-order valence-corrected chi connectivity index (χ3v) is 1.72. The number of esters is 1. The van der Waals surface area contributed by atoms with Crippen LogP contribution in [0.1, 0.15) is 20.7 Å². The summed E-state index contributed by atoms with van der Waals surface area (Å²) in [6.07, 6.45) is 0.261. The lowest BCUT2D eigenvalue weighted by molar-refractivity contribution is 0.0597. The summed E-state index contributed by atoms with van der Waals surface area (Å²) in [4.78, 5) is 21.5. The third kappa shape index (κ3) is 1.52. The van der Waals surface area contributed by atoms with Gasteiger partial charge < -0.3 is 14.9 Å². The van der Waals surface area contributed by atoms with Crippen LogP contribution in [-0.4, -0.2) is 29.6 Å². The summed E-state index contributed by atoms with van der Waals surface area (Å²) in [6.45, 7) is 0. The van der Waals surface area contributed by atoms with Gasteiger partial charge in [0.1, 0.15) is 17.1 Å². The number of hydrogen-bond acceptors (Lipinski definition) is 5.